The minimum Gasteiger partial charge on any atom is -0.365 e. The smallest absolute Gasteiger partial charge is 0.180 e. The van der Waals surface area contributed by atoms with E-state index in [9.17, 15) is 5.11 Å². The predicted molar refractivity (Wildman–Crippen MR) is 85.5 cm³/mol. The Balaban J connectivity index is 1.58. The van der Waals surface area contributed by atoms with Gasteiger partial charge < -0.3 is 14.6 Å². The van der Waals surface area contributed by atoms with E-state index in [2.05, 4.69) is 0 Å². The third-order valence-corrected chi connectivity index (χ3v) is 9.01. The zero-order chi connectivity index (χ0) is 15.3. The van der Waals surface area contributed by atoms with E-state index in [1.54, 1.807) is 0 Å². The highest BCUT2D eigenvalue weighted by Crippen LogP contribution is 2.77. The first-order valence-corrected chi connectivity index (χ1v) is 10.3. The Morgan fingerprint density at radius 2 is 1.52 bits per heavy atom. The van der Waals surface area contributed by atoms with Crippen LogP contribution in [-0.2, 0) is 9.47 Å². The van der Waals surface area contributed by atoms with Crippen molar-refractivity contribution in [2.24, 2.45) is 23.2 Å². The third-order valence-electron chi connectivity index (χ3n) is 9.01. The summed E-state index contributed by atoms with van der Waals surface area (Å²) in [6.07, 6.45) is 15.7. The lowest BCUT2D eigenvalue weighted by Gasteiger charge is -2.79. The zero-order valence-electron chi connectivity index (χ0n) is 14.2. The highest BCUT2D eigenvalue weighted by molar-refractivity contribution is 5.25. The zero-order valence-corrected chi connectivity index (χ0v) is 14.2. The average molecular weight is 318 g/mol. The fraction of sp³-hybridized carbons (Fsp3) is 1.00. The Bertz CT molecular complexity index is 549. The Hall–Kier alpha value is -0.120. The van der Waals surface area contributed by atoms with Gasteiger partial charge in [-0.1, -0.05) is 25.7 Å². The molecule has 7 atom stereocenters. The molecule has 0 aromatic carbocycles. The Labute approximate surface area is 139 Å². The molecule has 3 nitrogen and oxygen atoms in total. The molecule has 3 heterocycles. The molecule has 5 bridgehead atoms. The molecule has 7 fully saturated rings. The minimum atomic E-state index is -0.884. The van der Waals surface area contributed by atoms with Crippen LogP contribution in [0, 0.1) is 23.2 Å². The summed E-state index contributed by atoms with van der Waals surface area (Å²) in [4.78, 5) is 0. The lowest BCUT2D eigenvalue weighted by atomic mass is 9.40. The summed E-state index contributed by atoms with van der Waals surface area (Å²) in [6, 6.07) is 0. The van der Waals surface area contributed by atoms with Crippen LogP contribution >= 0.6 is 0 Å². The molecule has 0 aromatic rings. The van der Waals surface area contributed by atoms with Gasteiger partial charge in [-0.2, -0.15) is 0 Å². The van der Waals surface area contributed by atoms with Crippen LogP contribution in [0.3, 0.4) is 0 Å². The molecule has 0 amide bonds. The highest BCUT2D eigenvalue weighted by Gasteiger charge is 2.82. The van der Waals surface area contributed by atoms with Gasteiger partial charge in [0.25, 0.3) is 0 Å². The molecule has 7 aliphatic rings. The van der Waals surface area contributed by atoms with Crippen molar-refractivity contribution in [3.05, 3.63) is 0 Å². The van der Waals surface area contributed by atoms with E-state index >= 15 is 0 Å². The first-order valence-electron chi connectivity index (χ1n) is 10.3. The van der Waals surface area contributed by atoms with Crippen molar-refractivity contribution in [2.45, 2.75) is 101 Å². The van der Waals surface area contributed by atoms with Crippen molar-refractivity contribution in [2.75, 3.05) is 0 Å². The van der Waals surface area contributed by atoms with Gasteiger partial charge in [0.05, 0.1) is 11.0 Å². The van der Waals surface area contributed by atoms with Crippen LogP contribution in [0.5, 0.6) is 0 Å². The van der Waals surface area contributed by atoms with Crippen LogP contribution in [-0.4, -0.2) is 22.3 Å². The van der Waals surface area contributed by atoms with Gasteiger partial charge in [-0.05, 0) is 57.3 Å². The van der Waals surface area contributed by atoms with Crippen molar-refractivity contribution < 1.29 is 14.6 Å². The molecular formula is C20H30O3. The molecule has 3 saturated heterocycles. The van der Waals surface area contributed by atoms with E-state index in [-0.39, 0.29) is 11.0 Å². The van der Waals surface area contributed by atoms with E-state index in [4.69, 9.17) is 9.47 Å². The molecule has 4 aliphatic carbocycles. The molecule has 1 N–H and O–H groups in total. The van der Waals surface area contributed by atoms with Crippen LogP contribution in [0.15, 0.2) is 0 Å². The van der Waals surface area contributed by atoms with Crippen LogP contribution in [0.1, 0.15) is 83.5 Å². The van der Waals surface area contributed by atoms with E-state index < -0.39 is 11.6 Å². The number of rotatable bonds is 0. The standard InChI is InChI=1S/C20H30O3/c21-20-15-8-5-9-17(20)13-16-7-2-4-11-19(16,23-20)22-18(17)10-3-1-6-14(18)12-15/h14-16,21H,1-13H2/t14-,15+,16-,17-,18-,19+,20+/m1/s1. The summed E-state index contributed by atoms with van der Waals surface area (Å²) < 4.78 is 13.8. The minimum absolute atomic E-state index is 0.0665. The molecule has 4 saturated carbocycles. The maximum Gasteiger partial charge on any atom is 0.180 e. The molecule has 0 unspecified atom stereocenters. The van der Waals surface area contributed by atoms with Crippen molar-refractivity contribution >= 4 is 0 Å². The highest BCUT2D eigenvalue weighted by atomic mass is 16.8. The summed E-state index contributed by atoms with van der Waals surface area (Å²) in [5.74, 6) is 0.231. The molecule has 3 heteroatoms. The van der Waals surface area contributed by atoms with Crippen molar-refractivity contribution in [3.8, 4) is 0 Å². The SMILES string of the molecule is O[C@@]12O[C@@]34CCCC[C@@H]3C[C@@]13CCC[C@H]2C[C@H]1CCCC[C@@]13O4. The van der Waals surface area contributed by atoms with E-state index in [0.29, 0.717) is 17.8 Å². The number of hydrogen-bond donors (Lipinski definition) is 1. The molecule has 0 aromatic heterocycles. The third kappa shape index (κ3) is 1.36. The quantitative estimate of drug-likeness (QED) is 0.730. The van der Waals surface area contributed by atoms with E-state index in [1.807, 2.05) is 0 Å². The normalized spacial score (nSPS) is 63.3. The van der Waals surface area contributed by atoms with Gasteiger partial charge in [-0.25, -0.2) is 0 Å². The van der Waals surface area contributed by atoms with Gasteiger partial charge >= 0.3 is 0 Å². The fourth-order valence-electron chi connectivity index (χ4n) is 8.27. The van der Waals surface area contributed by atoms with Gasteiger partial charge in [0, 0.05) is 18.3 Å². The molecule has 3 spiro atoms. The number of aliphatic hydroxyl groups is 1. The predicted octanol–water partition coefficient (Wildman–Crippen LogP) is 4.13. The maximum absolute atomic E-state index is 11.9. The van der Waals surface area contributed by atoms with E-state index in [1.165, 1.54) is 57.8 Å². The van der Waals surface area contributed by atoms with Crippen LogP contribution in [0.25, 0.3) is 0 Å². The summed E-state index contributed by atoms with van der Waals surface area (Å²) in [6.45, 7) is 0. The Morgan fingerprint density at radius 3 is 2.43 bits per heavy atom. The summed E-state index contributed by atoms with van der Waals surface area (Å²) in [5, 5.41) is 11.9. The second kappa shape index (κ2) is 4.16. The molecule has 3 aliphatic heterocycles. The Kier molecular flexibility index (Phi) is 2.55. The van der Waals surface area contributed by atoms with Crippen LogP contribution in [0.2, 0.25) is 0 Å². The molecule has 128 valence electrons. The van der Waals surface area contributed by atoms with Gasteiger partial charge in [-0.15, -0.1) is 0 Å². The first kappa shape index (κ1) is 14.1. The van der Waals surface area contributed by atoms with Gasteiger partial charge in [0.2, 0.25) is 0 Å². The van der Waals surface area contributed by atoms with Crippen molar-refractivity contribution in [1.82, 2.24) is 0 Å². The van der Waals surface area contributed by atoms with E-state index in [0.717, 1.165) is 25.7 Å². The second-order valence-corrected chi connectivity index (χ2v) is 9.60. The first-order chi connectivity index (χ1) is 11.1. The van der Waals surface area contributed by atoms with Crippen LogP contribution in [0.4, 0.5) is 0 Å². The van der Waals surface area contributed by atoms with Gasteiger partial charge in [0.1, 0.15) is 0 Å². The summed E-state index contributed by atoms with van der Waals surface area (Å²) >= 11 is 0. The largest absolute Gasteiger partial charge is 0.365 e. The fourth-order valence-corrected chi connectivity index (χ4v) is 8.27. The molecule has 0 radical (unpaired) electrons. The molecular weight excluding hydrogens is 288 g/mol. The average Bonchev–Trinajstić information content (AvgIpc) is 2.52. The number of ether oxygens (including phenoxy) is 2. The lowest BCUT2D eigenvalue weighted by molar-refractivity contribution is -0.565. The maximum atomic E-state index is 11.9. The summed E-state index contributed by atoms with van der Waals surface area (Å²) in [7, 11) is 0. The van der Waals surface area contributed by atoms with Gasteiger partial charge in [0.15, 0.2) is 11.6 Å². The number of hydrogen-bond acceptors (Lipinski definition) is 3. The summed E-state index contributed by atoms with van der Waals surface area (Å²) in [5.41, 5.74) is -0.168. The van der Waals surface area contributed by atoms with Gasteiger partial charge in [-0.3, -0.25) is 0 Å². The van der Waals surface area contributed by atoms with Crippen LogP contribution < -0.4 is 0 Å². The topological polar surface area (TPSA) is 38.7 Å². The molecule has 23 heavy (non-hydrogen) atoms. The van der Waals surface area contributed by atoms with Crippen molar-refractivity contribution in [3.63, 3.8) is 0 Å². The molecule has 7 rings (SSSR count). The second-order valence-electron chi connectivity index (χ2n) is 9.60. The van der Waals surface area contributed by atoms with Crippen molar-refractivity contribution in [1.29, 1.82) is 0 Å². The lowest BCUT2D eigenvalue weighted by Crippen LogP contribution is -2.85. The monoisotopic (exact) mass is 318 g/mol. The Morgan fingerprint density at radius 1 is 0.739 bits per heavy atom.